The number of anilines is 1. The summed E-state index contributed by atoms with van der Waals surface area (Å²) >= 11 is 0. The summed E-state index contributed by atoms with van der Waals surface area (Å²) in [6, 6.07) is 13.1. The van der Waals surface area contributed by atoms with Crippen molar-refractivity contribution >= 4 is 23.9 Å². The zero-order valence-electron chi connectivity index (χ0n) is 20.7. The Bertz CT molecular complexity index is 1070. The second-order valence-corrected chi connectivity index (χ2v) is 9.77. The fourth-order valence-corrected chi connectivity index (χ4v) is 3.17. The molecule has 0 N–H and O–H groups in total. The minimum atomic E-state index is -0.781. The SMILES string of the molecule is COc1cc2c(cc1OCc1ccccc1)N(C(=O)OC(C)(C)C)N(C(=O)OC(C)(C)C)C=C2. The quantitative estimate of drug-likeness (QED) is 0.535. The molecule has 3 rings (SSSR count). The van der Waals surface area contributed by atoms with E-state index in [-0.39, 0.29) is 0 Å². The molecule has 0 fully saturated rings. The van der Waals surface area contributed by atoms with E-state index >= 15 is 0 Å². The van der Waals surface area contributed by atoms with E-state index in [2.05, 4.69) is 0 Å². The van der Waals surface area contributed by atoms with E-state index in [1.54, 1.807) is 66.9 Å². The third-order valence-corrected chi connectivity index (χ3v) is 4.54. The van der Waals surface area contributed by atoms with E-state index in [9.17, 15) is 9.59 Å². The van der Waals surface area contributed by atoms with Crippen LogP contribution in [0, 0.1) is 0 Å². The molecule has 0 saturated heterocycles. The van der Waals surface area contributed by atoms with Crippen molar-refractivity contribution in [1.29, 1.82) is 0 Å². The summed E-state index contributed by atoms with van der Waals surface area (Å²) in [5.74, 6) is 0.910. The summed E-state index contributed by atoms with van der Waals surface area (Å²) in [7, 11) is 1.54. The molecule has 0 bridgehead atoms. The zero-order valence-corrected chi connectivity index (χ0v) is 20.7. The molecule has 0 atom stereocenters. The zero-order chi connectivity index (χ0) is 25.1. The maximum Gasteiger partial charge on any atom is 0.434 e. The Morgan fingerprint density at radius 3 is 2.06 bits per heavy atom. The molecule has 2 aromatic rings. The van der Waals surface area contributed by atoms with Crippen LogP contribution in [-0.2, 0) is 16.1 Å². The van der Waals surface area contributed by atoms with Gasteiger partial charge < -0.3 is 18.9 Å². The van der Waals surface area contributed by atoms with Gasteiger partial charge in [0.05, 0.1) is 12.8 Å². The highest BCUT2D eigenvalue weighted by atomic mass is 16.6. The van der Waals surface area contributed by atoms with Gasteiger partial charge in [-0.15, -0.1) is 0 Å². The number of nitrogens with zero attached hydrogens (tertiary/aromatic N) is 2. The summed E-state index contributed by atoms with van der Waals surface area (Å²) in [6.07, 6.45) is 1.71. The van der Waals surface area contributed by atoms with Crippen LogP contribution in [0.5, 0.6) is 11.5 Å². The van der Waals surface area contributed by atoms with E-state index in [1.165, 1.54) is 6.20 Å². The van der Waals surface area contributed by atoms with Crippen molar-refractivity contribution in [2.75, 3.05) is 12.1 Å². The number of hydrogen-bond acceptors (Lipinski definition) is 6. The van der Waals surface area contributed by atoms with Crippen LogP contribution >= 0.6 is 0 Å². The Morgan fingerprint density at radius 2 is 1.47 bits per heavy atom. The summed E-state index contributed by atoms with van der Waals surface area (Å²) < 4.78 is 22.7. The second-order valence-electron chi connectivity index (χ2n) is 9.77. The van der Waals surface area contributed by atoms with Crippen LogP contribution in [0.3, 0.4) is 0 Å². The molecular weight excluding hydrogens is 436 g/mol. The minimum absolute atomic E-state index is 0.300. The molecule has 0 aromatic heterocycles. The molecular formula is C26H32N2O6. The van der Waals surface area contributed by atoms with Crippen molar-refractivity contribution in [1.82, 2.24) is 5.01 Å². The van der Waals surface area contributed by atoms with Crippen molar-refractivity contribution in [3.05, 3.63) is 59.8 Å². The fourth-order valence-electron chi connectivity index (χ4n) is 3.17. The number of amides is 2. The topological polar surface area (TPSA) is 77.5 Å². The average Bonchev–Trinajstić information content (AvgIpc) is 2.74. The van der Waals surface area contributed by atoms with Gasteiger partial charge in [-0.05, 0) is 59.2 Å². The Balaban J connectivity index is 2.02. The first-order valence-corrected chi connectivity index (χ1v) is 11.0. The van der Waals surface area contributed by atoms with Gasteiger partial charge >= 0.3 is 12.2 Å². The van der Waals surface area contributed by atoms with E-state index in [4.69, 9.17) is 18.9 Å². The molecule has 0 spiro atoms. The van der Waals surface area contributed by atoms with Crippen LogP contribution in [0.25, 0.3) is 6.08 Å². The van der Waals surface area contributed by atoms with Crippen LogP contribution in [0.2, 0.25) is 0 Å². The number of hydrazine groups is 1. The van der Waals surface area contributed by atoms with Crippen molar-refractivity contribution in [2.24, 2.45) is 0 Å². The van der Waals surface area contributed by atoms with Gasteiger partial charge in [-0.1, -0.05) is 30.3 Å². The van der Waals surface area contributed by atoms with Gasteiger partial charge in [0.25, 0.3) is 0 Å². The van der Waals surface area contributed by atoms with Crippen molar-refractivity contribution in [3.8, 4) is 11.5 Å². The molecule has 1 aliphatic heterocycles. The summed E-state index contributed by atoms with van der Waals surface area (Å²) in [4.78, 5) is 26.2. The molecule has 182 valence electrons. The highest BCUT2D eigenvalue weighted by molar-refractivity contribution is 5.96. The molecule has 0 unspecified atom stereocenters. The molecule has 2 amide bonds. The monoisotopic (exact) mass is 468 g/mol. The first kappa shape index (κ1) is 25.0. The third-order valence-electron chi connectivity index (χ3n) is 4.54. The van der Waals surface area contributed by atoms with Crippen LogP contribution < -0.4 is 14.5 Å². The second kappa shape index (κ2) is 9.67. The lowest BCUT2D eigenvalue weighted by Crippen LogP contribution is -2.51. The number of fused-ring (bicyclic) bond motifs is 1. The number of carbonyl (C=O) groups excluding carboxylic acids is 2. The van der Waals surface area contributed by atoms with E-state index < -0.39 is 23.4 Å². The highest BCUT2D eigenvalue weighted by Crippen LogP contribution is 2.40. The van der Waals surface area contributed by atoms with E-state index in [0.29, 0.717) is 29.4 Å². The normalized spacial score (nSPS) is 13.3. The fraction of sp³-hybridized carbons (Fsp3) is 0.385. The van der Waals surface area contributed by atoms with Gasteiger partial charge in [0.2, 0.25) is 0 Å². The van der Waals surface area contributed by atoms with Gasteiger partial charge in [0, 0.05) is 17.8 Å². The van der Waals surface area contributed by atoms with E-state index in [0.717, 1.165) is 15.6 Å². The Hall–Kier alpha value is -3.68. The van der Waals surface area contributed by atoms with Crippen LogP contribution in [0.15, 0.2) is 48.7 Å². The molecule has 1 aliphatic rings. The molecule has 8 nitrogen and oxygen atoms in total. The van der Waals surface area contributed by atoms with Gasteiger partial charge in [-0.3, -0.25) is 0 Å². The molecule has 1 heterocycles. The van der Waals surface area contributed by atoms with Crippen LogP contribution in [0.4, 0.5) is 15.3 Å². The van der Waals surface area contributed by atoms with Crippen molar-refractivity contribution in [3.63, 3.8) is 0 Å². The number of benzene rings is 2. The molecule has 2 aromatic carbocycles. The Morgan fingerprint density at radius 1 is 0.853 bits per heavy atom. The third kappa shape index (κ3) is 6.21. The smallest absolute Gasteiger partial charge is 0.434 e. The van der Waals surface area contributed by atoms with Gasteiger partial charge in [0.15, 0.2) is 11.5 Å². The maximum atomic E-state index is 13.3. The molecule has 34 heavy (non-hydrogen) atoms. The molecule has 8 heteroatoms. The van der Waals surface area contributed by atoms with Gasteiger partial charge in [0.1, 0.15) is 17.8 Å². The highest BCUT2D eigenvalue weighted by Gasteiger charge is 2.37. The standard InChI is InChI=1S/C26H32N2O6/c1-25(2,3)33-23(29)27-14-13-19-15-21(31-7)22(32-17-18-11-9-8-10-12-18)16-20(19)28(27)24(30)34-26(4,5)6/h8-16H,17H2,1-7H3. The molecule has 0 aliphatic carbocycles. The first-order valence-electron chi connectivity index (χ1n) is 11.0. The largest absolute Gasteiger partial charge is 0.493 e. The van der Waals surface area contributed by atoms with Crippen LogP contribution in [0.1, 0.15) is 52.7 Å². The van der Waals surface area contributed by atoms with Crippen LogP contribution in [-0.4, -0.2) is 35.5 Å². The average molecular weight is 469 g/mol. The predicted molar refractivity (Wildman–Crippen MR) is 130 cm³/mol. The summed E-state index contributed by atoms with van der Waals surface area (Å²) in [5.41, 5.74) is 0.480. The lowest BCUT2D eigenvalue weighted by molar-refractivity contribution is 0.0220. The number of carbonyl (C=O) groups is 2. The number of hydrogen-bond donors (Lipinski definition) is 0. The summed E-state index contributed by atoms with van der Waals surface area (Å²) in [6.45, 7) is 10.8. The number of methoxy groups -OCH3 is 1. The number of rotatable bonds is 4. The summed E-state index contributed by atoms with van der Waals surface area (Å²) in [5, 5.41) is 2.23. The predicted octanol–water partition coefficient (Wildman–Crippen LogP) is 6.15. The van der Waals surface area contributed by atoms with E-state index in [1.807, 2.05) is 30.3 Å². The van der Waals surface area contributed by atoms with Crippen molar-refractivity contribution in [2.45, 2.75) is 59.4 Å². The Labute approximate surface area is 200 Å². The maximum absolute atomic E-state index is 13.3. The molecule has 0 radical (unpaired) electrons. The minimum Gasteiger partial charge on any atom is -0.493 e. The van der Waals surface area contributed by atoms with Crippen molar-refractivity contribution < 1.29 is 28.5 Å². The lowest BCUT2D eigenvalue weighted by atomic mass is 10.1. The Kier molecular flexibility index (Phi) is 7.09. The number of ether oxygens (including phenoxy) is 4. The van der Waals surface area contributed by atoms with Gasteiger partial charge in [-0.25, -0.2) is 9.59 Å². The molecule has 0 saturated carbocycles. The van der Waals surface area contributed by atoms with Gasteiger partial charge in [-0.2, -0.15) is 10.0 Å². The first-order chi connectivity index (χ1) is 15.9. The lowest BCUT2D eigenvalue weighted by Gasteiger charge is -2.37.